The van der Waals surface area contributed by atoms with Crippen molar-refractivity contribution in [2.24, 2.45) is 0 Å². The van der Waals surface area contributed by atoms with Crippen LogP contribution in [0, 0.1) is 0 Å². The zero-order valence-electron chi connectivity index (χ0n) is 9.75. The minimum Gasteiger partial charge on any atom is -0.495 e. The molecule has 1 aromatic carbocycles. The van der Waals surface area contributed by atoms with E-state index in [1.165, 1.54) is 18.6 Å². The van der Waals surface area contributed by atoms with Gasteiger partial charge in [0.25, 0.3) is 0 Å². The fourth-order valence-electron chi connectivity index (χ4n) is 1.41. The predicted octanol–water partition coefficient (Wildman–Crippen LogP) is 4.01. The summed E-state index contributed by atoms with van der Waals surface area (Å²) >= 11 is 5.36. The number of rotatable bonds is 7. The standard InChI is InChI=1S/C12H18BrNOS/c1-15-12-6-5-10(13)9-11(12)14-7-3-4-8-16-2/h5-6,9,14H,3-4,7-8H2,1-2H3. The zero-order valence-corrected chi connectivity index (χ0v) is 12.2. The van der Waals surface area contributed by atoms with Crippen molar-refractivity contribution in [3.8, 4) is 5.75 Å². The number of thioether (sulfide) groups is 1. The number of halogens is 1. The highest BCUT2D eigenvalue weighted by atomic mass is 79.9. The number of methoxy groups -OCH3 is 1. The highest BCUT2D eigenvalue weighted by Crippen LogP contribution is 2.27. The Balaban J connectivity index is 2.42. The van der Waals surface area contributed by atoms with Gasteiger partial charge in [0.15, 0.2) is 0 Å². The van der Waals surface area contributed by atoms with E-state index < -0.39 is 0 Å². The number of ether oxygens (including phenoxy) is 1. The van der Waals surface area contributed by atoms with E-state index in [1.54, 1.807) is 7.11 Å². The fourth-order valence-corrected chi connectivity index (χ4v) is 2.27. The van der Waals surface area contributed by atoms with Gasteiger partial charge in [0.2, 0.25) is 0 Å². The molecule has 0 bridgehead atoms. The summed E-state index contributed by atoms with van der Waals surface area (Å²) in [4.78, 5) is 0. The van der Waals surface area contributed by atoms with Gasteiger partial charge in [-0.2, -0.15) is 11.8 Å². The number of nitrogens with one attached hydrogen (secondary N) is 1. The average molecular weight is 304 g/mol. The number of anilines is 1. The molecular formula is C12H18BrNOS. The number of hydrogen-bond donors (Lipinski definition) is 1. The van der Waals surface area contributed by atoms with Crippen molar-refractivity contribution in [2.75, 3.05) is 31.0 Å². The molecule has 4 heteroatoms. The van der Waals surface area contributed by atoms with Gasteiger partial charge in [-0.05, 0) is 43.0 Å². The van der Waals surface area contributed by atoms with E-state index in [2.05, 4.69) is 27.5 Å². The van der Waals surface area contributed by atoms with Crippen molar-refractivity contribution >= 4 is 33.4 Å². The summed E-state index contributed by atoms with van der Waals surface area (Å²) < 4.78 is 6.36. The van der Waals surface area contributed by atoms with Gasteiger partial charge in [-0.1, -0.05) is 15.9 Å². The summed E-state index contributed by atoms with van der Waals surface area (Å²) in [6.45, 7) is 0.993. The second-order valence-corrected chi connectivity index (χ2v) is 5.37. The fraction of sp³-hybridized carbons (Fsp3) is 0.500. The normalized spacial score (nSPS) is 10.2. The van der Waals surface area contributed by atoms with Crippen LogP contribution in [0.25, 0.3) is 0 Å². The number of benzene rings is 1. The third-order valence-electron chi connectivity index (χ3n) is 2.25. The molecule has 0 spiro atoms. The van der Waals surface area contributed by atoms with E-state index in [9.17, 15) is 0 Å². The maximum absolute atomic E-state index is 5.29. The Labute approximate surface area is 110 Å². The second kappa shape index (κ2) is 7.85. The highest BCUT2D eigenvalue weighted by molar-refractivity contribution is 9.10. The molecule has 0 heterocycles. The van der Waals surface area contributed by atoms with Crippen molar-refractivity contribution in [3.63, 3.8) is 0 Å². The molecule has 1 aromatic rings. The van der Waals surface area contributed by atoms with E-state index in [-0.39, 0.29) is 0 Å². The van der Waals surface area contributed by atoms with Gasteiger partial charge >= 0.3 is 0 Å². The molecule has 0 aliphatic carbocycles. The van der Waals surface area contributed by atoms with Crippen LogP contribution in [-0.2, 0) is 0 Å². The van der Waals surface area contributed by atoms with Crippen LogP contribution in [0.15, 0.2) is 22.7 Å². The Hall–Kier alpha value is -0.350. The quantitative estimate of drug-likeness (QED) is 0.769. The second-order valence-electron chi connectivity index (χ2n) is 3.47. The smallest absolute Gasteiger partial charge is 0.142 e. The van der Waals surface area contributed by atoms with Crippen molar-refractivity contribution in [3.05, 3.63) is 22.7 Å². The molecule has 0 atom stereocenters. The van der Waals surface area contributed by atoms with Crippen LogP contribution in [0.3, 0.4) is 0 Å². The third kappa shape index (κ3) is 4.66. The molecule has 0 aliphatic rings. The molecule has 1 N–H and O–H groups in total. The Kier molecular flexibility index (Phi) is 6.73. The predicted molar refractivity (Wildman–Crippen MR) is 76.8 cm³/mol. The lowest BCUT2D eigenvalue weighted by atomic mass is 10.2. The van der Waals surface area contributed by atoms with E-state index in [0.29, 0.717) is 0 Å². The molecule has 0 saturated carbocycles. The summed E-state index contributed by atoms with van der Waals surface area (Å²) in [5.41, 5.74) is 1.06. The molecule has 0 radical (unpaired) electrons. The number of hydrogen-bond acceptors (Lipinski definition) is 3. The van der Waals surface area contributed by atoms with Crippen LogP contribution in [0.5, 0.6) is 5.75 Å². The first-order chi connectivity index (χ1) is 7.77. The molecule has 2 nitrogen and oxygen atoms in total. The van der Waals surface area contributed by atoms with Gasteiger partial charge in [0.1, 0.15) is 5.75 Å². The lowest BCUT2D eigenvalue weighted by Crippen LogP contribution is -2.03. The zero-order chi connectivity index (χ0) is 11.8. The summed E-state index contributed by atoms with van der Waals surface area (Å²) in [7, 11) is 1.70. The summed E-state index contributed by atoms with van der Waals surface area (Å²) in [5.74, 6) is 2.13. The molecule has 0 fully saturated rings. The van der Waals surface area contributed by atoms with Gasteiger partial charge < -0.3 is 10.1 Å². The average Bonchev–Trinajstić information content (AvgIpc) is 2.29. The Morgan fingerprint density at radius 3 is 2.88 bits per heavy atom. The maximum Gasteiger partial charge on any atom is 0.142 e. The van der Waals surface area contributed by atoms with Crippen LogP contribution in [0.1, 0.15) is 12.8 Å². The Bertz CT molecular complexity index is 320. The SMILES string of the molecule is COc1ccc(Br)cc1NCCCCSC. The van der Waals surface area contributed by atoms with Gasteiger partial charge in [-0.3, -0.25) is 0 Å². The van der Waals surface area contributed by atoms with Gasteiger partial charge in [0.05, 0.1) is 12.8 Å². The van der Waals surface area contributed by atoms with Gasteiger partial charge in [0, 0.05) is 11.0 Å². The Morgan fingerprint density at radius 1 is 1.38 bits per heavy atom. The van der Waals surface area contributed by atoms with Crippen LogP contribution < -0.4 is 10.1 Å². The number of unbranched alkanes of at least 4 members (excludes halogenated alkanes) is 1. The lowest BCUT2D eigenvalue weighted by Gasteiger charge is -2.11. The van der Waals surface area contributed by atoms with E-state index in [0.717, 1.165) is 22.5 Å². The molecule has 0 amide bonds. The lowest BCUT2D eigenvalue weighted by molar-refractivity contribution is 0.416. The molecule has 0 saturated heterocycles. The van der Waals surface area contributed by atoms with Gasteiger partial charge in [-0.25, -0.2) is 0 Å². The minimum atomic E-state index is 0.896. The summed E-state index contributed by atoms with van der Waals surface area (Å²) in [5, 5.41) is 3.40. The molecule has 0 aromatic heterocycles. The molecular weight excluding hydrogens is 286 g/mol. The van der Waals surface area contributed by atoms with Crippen molar-refractivity contribution in [2.45, 2.75) is 12.8 Å². The van der Waals surface area contributed by atoms with Crippen molar-refractivity contribution in [1.82, 2.24) is 0 Å². The molecule has 0 unspecified atom stereocenters. The van der Waals surface area contributed by atoms with Crippen molar-refractivity contribution < 1.29 is 4.74 Å². The highest BCUT2D eigenvalue weighted by Gasteiger charge is 2.02. The van der Waals surface area contributed by atoms with Crippen molar-refractivity contribution in [1.29, 1.82) is 0 Å². The summed E-state index contributed by atoms with van der Waals surface area (Å²) in [6, 6.07) is 6.00. The first-order valence-corrected chi connectivity index (χ1v) is 7.53. The first kappa shape index (κ1) is 13.7. The summed E-state index contributed by atoms with van der Waals surface area (Å²) in [6.07, 6.45) is 4.59. The largest absolute Gasteiger partial charge is 0.495 e. The monoisotopic (exact) mass is 303 g/mol. The van der Waals surface area contributed by atoms with Crippen LogP contribution in [-0.4, -0.2) is 25.7 Å². The van der Waals surface area contributed by atoms with Gasteiger partial charge in [-0.15, -0.1) is 0 Å². The van der Waals surface area contributed by atoms with Crippen LogP contribution >= 0.6 is 27.7 Å². The molecule has 1 rings (SSSR count). The topological polar surface area (TPSA) is 21.3 Å². The molecule has 90 valence electrons. The Morgan fingerprint density at radius 2 is 2.19 bits per heavy atom. The first-order valence-electron chi connectivity index (χ1n) is 5.34. The molecule has 16 heavy (non-hydrogen) atoms. The minimum absolute atomic E-state index is 0.896. The molecule has 0 aliphatic heterocycles. The maximum atomic E-state index is 5.29. The van der Waals surface area contributed by atoms with E-state index in [4.69, 9.17) is 4.74 Å². The van der Waals surface area contributed by atoms with E-state index in [1.807, 2.05) is 30.0 Å². The van der Waals surface area contributed by atoms with Crippen LogP contribution in [0.2, 0.25) is 0 Å². The third-order valence-corrected chi connectivity index (χ3v) is 3.44. The van der Waals surface area contributed by atoms with Crippen LogP contribution in [0.4, 0.5) is 5.69 Å². The van der Waals surface area contributed by atoms with E-state index >= 15 is 0 Å².